The highest BCUT2D eigenvalue weighted by Crippen LogP contribution is 2.09. The Morgan fingerprint density at radius 1 is 1.50 bits per heavy atom. The molecule has 14 heavy (non-hydrogen) atoms. The molecule has 1 amide bonds. The molecule has 0 radical (unpaired) electrons. The fourth-order valence-electron chi connectivity index (χ4n) is 1.53. The van der Waals surface area contributed by atoms with Crippen LogP contribution in [0.1, 0.15) is 26.7 Å². The third kappa shape index (κ3) is 3.10. The highest BCUT2D eigenvalue weighted by atomic mass is 16.5. The number of hydrogen-bond donors (Lipinski definition) is 0. The molecule has 1 rings (SSSR count). The van der Waals surface area contributed by atoms with Crippen LogP contribution in [-0.2, 0) is 14.3 Å². The molecule has 1 heterocycles. The van der Waals surface area contributed by atoms with Gasteiger partial charge in [0.05, 0.1) is 12.7 Å². The molecule has 1 unspecified atom stereocenters. The molecule has 1 atom stereocenters. The van der Waals surface area contributed by atoms with E-state index in [9.17, 15) is 9.59 Å². The van der Waals surface area contributed by atoms with E-state index in [0.717, 1.165) is 0 Å². The van der Waals surface area contributed by atoms with E-state index in [1.54, 1.807) is 11.8 Å². The summed E-state index contributed by atoms with van der Waals surface area (Å²) >= 11 is 0. The first-order chi connectivity index (χ1) is 6.63. The smallest absolute Gasteiger partial charge is 0.219 e. The number of ketones is 1. The second kappa shape index (κ2) is 5.10. The maximum atomic E-state index is 11.2. The van der Waals surface area contributed by atoms with Crippen LogP contribution in [0.4, 0.5) is 0 Å². The summed E-state index contributed by atoms with van der Waals surface area (Å²) in [6.45, 7) is 5.13. The van der Waals surface area contributed by atoms with E-state index in [1.165, 1.54) is 0 Å². The van der Waals surface area contributed by atoms with Crippen LogP contribution < -0.4 is 0 Å². The van der Waals surface area contributed by atoms with Crippen LogP contribution in [0, 0.1) is 0 Å². The van der Waals surface area contributed by atoms with Crippen molar-refractivity contribution in [3.63, 3.8) is 0 Å². The Balaban J connectivity index is 2.40. The third-order valence-electron chi connectivity index (χ3n) is 2.43. The largest absolute Gasteiger partial charge is 0.374 e. The van der Waals surface area contributed by atoms with Gasteiger partial charge >= 0.3 is 0 Å². The second-order valence-electron chi connectivity index (χ2n) is 3.55. The summed E-state index contributed by atoms with van der Waals surface area (Å²) in [5.74, 6) is 0.252. The highest BCUT2D eigenvalue weighted by Gasteiger charge is 2.23. The van der Waals surface area contributed by atoms with Crippen LogP contribution in [0.2, 0.25) is 0 Å². The lowest BCUT2D eigenvalue weighted by Crippen LogP contribution is -2.45. The van der Waals surface area contributed by atoms with Gasteiger partial charge in [0.25, 0.3) is 0 Å². The molecule has 4 nitrogen and oxygen atoms in total. The minimum absolute atomic E-state index is 0.0576. The Labute approximate surface area is 84.2 Å². The van der Waals surface area contributed by atoms with Crippen molar-refractivity contribution in [2.24, 2.45) is 0 Å². The Morgan fingerprint density at radius 3 is 2.79 bits per heavy atom. The second-order valence-corrected chi connectivity index (χ2v) is 3.55. The molecule has 0 saturated carbocycles. The van der Waals surface area contributed by atoms with Crippen molar-refractivity contribution < 1.29 is 14.3 Å². The molecule has 0 aromatic heterocycles. The molecule has 1 fully saturated rings. The molecule has 0 aromatic carbocycles. The van der Waals surface area contributed by atoms with E-state index in [2.05, 4.69) is 0 Å². The topological polar surface area (TPSA) is 46.6 Å². The van der Waals surface area contributed by atoms with E-state index in [-0.39, 0.29) is 17.8 Å². The molecule has 0 N–H and O–H groups in total. The van der Waals surface area contributed by atoms with E-state index >= 15 is 0 Å². The number of amides is 1. The van der Waals surface area contributed by atoms with Crippen LogP contribution >= 0.6 is 0 Å². The summed E-state index contributed by atoms with van der Waals surface area (Å²) in [4.78, 5) is 24.0. The number of nitrogens with zero attached hydrogens (tertiary/aromatic N) is 1. The predicted octanol–water partition coefficient (Wildman–Crippen LogP) is 0.603. The fraction of sp³-hybridized carbons (Fsp3) is 0.800. The van der Waals surface area contributed by atoms with Gasteiger partial charge in [-0.05, 0) is 0 Å². The molecule has 0 spiro atoms. The lowest BCUT2D eigenvalue weighted by molar-refractivity contribution is -0.139. The van der Waals surface area contributed by atoms with Crippen LogP contribution in [0.3, 0.4) is 0 Å². The summed E-state index contributed by atoms with van der Waals surface area (Å²) in [5, 5.41) is 0. The van der Waals surface area contributed by atoms with Gasteiger partial charge in [0.2, 0.25) is 5.91 Å². The number of hydrogen-bond acceptors (Lipinski definition) is 3. The van der Waals surface area contributed by atoms with Crippen LogP contribution in [0.15, 0.2) is 0 Å². The van der Waals surface area contributed by atoms with E-state index in [1.807, 2.05) is 6.92 Å². The monoisotopic (exact) mass is 199 g/mol. The molecule has 80 valence electrons. The molecular formula is C10H17NO3. The normalized spacial score (nSPS) is 22.1. The number of carbonyl (C=O) groups excluding carboxylic acids is 2. The van der Waals surface area contributed by atoms with Crippen LogP contribution in [-0.4, -0.2) is 42.4 Å². The van der Waals surface area contributed by atoms with Crippen LogP contribution in [0.25, 0.3) is 0 Å². The standard InChI is InChI=1S/C10H17NO3/c1-3-9(13)6-10-7-11(8(2)12)4-5-14-10/h10H,3-7H2,1-2H3. The molecule has 1 aliphatic heterocycles. The molecule has 0 aromatic rings. The molecule has 1 saturated heterocycles. The van der Waals surface area contributed by atoms with E-state index in [0.29, 0.717) is 32.5 Å². The minimum atomic E-state index is -0.0971. The van der Waals surface area contributed by atoms with E-state index < -0.39 is 0 Å². The maximum absolute atomic E-state index is 11.2. The zero-order valence-corrected chi connectivity index (χ0v) is 8.78. The van der Waals surface area contributed by atoms with E-state index in [4.69, 9.17) is 4.74 Å². The molecule has 1 aliphatic rings. The van der Waals surface area contributed by atoms with Crippen LogP contribution in [0.5, 0.6) is 0 Å². The lowest BCUT2D eigenvalue weighted by atomic mass is 10.1. The van der Waals surface area contributed by atoms with Gasteiger partial charge in [-0.1, -0.05) is 6.92 Å². The summed E-state index contributed by atoms with van der Waals surface area (Å²) in [6.07, 6.45) is 0.875. The van der Waals surface area contributed by atoms with Crippen molar-refractivity contribution in [2.45, 2.75) is 32.8 Å². The Hall–Kier alpha value is -0.900. The summed E-state index contributed by atoms with van der Waals surface area (Å²) in [5.41, 5.74) is 0. The zero-order chi connectivity index (χ0) is 10.6. The first-order valence-electron chi connectivity index (χ1n) is 5.02. The first-order valence-corrected chi connectivity index (χ1v) is 5.02. The summed E-state index contributed by atoms with van der Waals surface area (Å²) in [7, 11) is 0. The Bertz CT molecular complexity index is 227. The van der Waals surface area contributed by atoms with Gasteiger partial charge in [-0.15, -0.1) is 0 Å². The van der Waals surface area contributed by atoms with Crippen molar-refractivity contribution in [1.29, 1.82) is 0 Å². The Kier molecular flexibility index (Phi) is 4.07. The summed E-state index contributed by atoms with van der Waals surface area (Å²) in [6, 6.07) is 0. The number of ether oxygens (including phenoxy) is 1. The van der Waals surface area contributed by atoms with Gasteiger partial charge in [-0.3, -0.25) is 9.59 Å². The van der Waals surface area contributed by atoms with Gasteiger partial charge in [-0.2, -0.15) is 0 Å². The van der Waals surface area contributed by atoms with Crippen molar-refractivity contribution in [1.82, 2.24) is 4.90 Å². The van der Waals surface area contributed by atoms with Crippen molar-refractivity contribution >= 4 is 11.7 Å². The number of rotatable bonds is 3. The van der Waals surface area contributed by atoms with Crippen molar-refractivity contribution in [2.75, 3.05) is 19.7 Å². The SMILES string of the molecule is CCC(=O)CC1CN(C(C)=O)CCO1. The molecule has 4 heteroatoms. The maximum Gasteiger partial charge on any atom is 0.219 e. The Morgan fingerprint density at radius 2 is 2.21 bits per heavy atom. The van der Waals surface area contributed by atoms with Gasteiger partial charge in [0, 0.05) is 32.9 Å². The predicted molar refractivity (Wildman–Crippen MR) is 51.9 cm³/mol. The quantitative estimate of drug-likeness (QED) is 0.668. The molecular weight excluding hydrogens is 182 g/mol. The van der Waals surface area contributed by atoms with Crippen molar-refractivity contribution in [3.8, 4) is 0 Å². The third-order valence-corrected chi connectivity index (χ3v) is 2.43. The number of Topliss-reactive ketones (excluding diaryl/α,β-unsaturated/α-hetero) is 1. The van der Waals surface area contributed by atoms with Gasteiger partial charge in [-0.25, -0.2) is 0 Å². The number of morpholine rings is 1. The molecule has 0 bridgehead atoms. The lowest BCUT2D eigenvalue weighted by Gasteiger charge is -2.31. The average Bonchev–Trinajstić information content (AvgIpc) is 2.18. The average molecular weight is 199 g/mol. The van der Waals surface area contributed by atoms with Crippen molar-refractivity contribution in [3.05, 3.63) is 0 Å². The fourth-order valence-corrected chi connectivity index (χ4v) is 1.53. The zero-order valence-electron chi connectivity index (χ0n) is 8.78. The molecule has 0 aliphatic carbocycles. The number of carbonyl (C=O) groups is 2. The first kappa shape index (κ1) is 11.2. The van der Waals surface area contributed by atoms with Gasteiger partial charge in [0.15, 0.2) is 0 Å². The van der Waals surface area contributed by atoms with Gasteiger partial charge < -0.3 is 9.64 Å². The minimum Gasteiger partial charge on any atom is -0.374 e. The van der Waals surface area contributed by atoms with Gasteiger partial charge in [0.1, 0.15) is 5.78 Å². The summed E-state index contributed by atoms with van der Waals surface area (Å²) < 4.78 is 5.42. The highest BCUT2D eigenvalue weighted by molar-refractivity contribution is 5.78.